The van der Waals surface area contributed by atoms with E-state index in [9.17, 15) is 10.1 Å². The third-order valence-electron chi connectivity index (χ3n) is 5.20. The lowest BCUT2D eigenvalue weighted by Crippen LogP contribution is -2.13. The van der Waals surface area contributed by atoms with Gasteiger partial charge in [-0.25, -0.2) is 0 Å². The predicted octanol–water partition coefficient (Wildman–Crippen LogP) is 6.63. The van der Waals surface area contributed by atoms with E-state index in [1.165, 1.54) is 13.2 Å². The second-order valence-corrected chi connectivity index (χ2v) is 7.88. The minimum absolute atomic E-state index is 0.0613. The lowest BCUT2D eigenvalue weighted by molar-refractivity contribution is -0.112. The van der Waals surface area contributed by atoms with Crippen molar-refractivity contribution in [1.82, 2.24) is 0 Å². The van der Waals surface area contributed by atoms with Gasteiger partial charge in [-0.3, -0.25) is 4.79 Å². The number of nitrogens with zero attached hydrogens (tertiary/aromatic N) is 1. The number of nitriles is 1. The van der Waals surface area contributed by atoms with Crippen molar-refractivity contribution in [3.05, 3.63) is 107 Å². The van der Waals surface area contributed by atoms with Gasteiger partial charge in [-0.2, -0.15) is 5.26 Å². The fraction of sp³-hybridized carbons (Fsp3) is 0.0714. The van der Waals surface area contributed by atoms with Gasteiger partial charge >= 0.3 is 0 Å². The summed E-state index contributed by atoms with van der Waals surface area (Å²) in [5.74, 6) is 0.403. The van der Waals surface area contributed by atoms with Crippen LogP contribution in [0.25, 0.3) is 16.8 Å². The molecule has 0 saturated heterocycles. The number of rotatable bonds is 7. The molecule has 0 aliphatic carbocycles. The van der Waals surface area contributed by atoms with Crippen LogP contribution >= 0.6 is 11.6 Å². The highest BCUT2D eigenvalue weighted by molar-refractivity contribution is 6.30. The molecule has 0 heterocycles. The summed E-state index contributed by atoms with van der Waals surface area (Å²) >= 11 is 6.07. The summed E-state index contributed by atoms with van der Waals surface area (Å²) in [6.45, 7) is 0.242. The van der Waals surface area contributed by atoms with E-state index in [1.807, 2.05) is 60.7 Å². The second kappa shape index (κ2) is 10.6. The van der Waals surface area contributed by atoms with E-state index in [0.717, 1.165) is 16.3 Å². The molecule has 0 radical (unpaired) electrons. The largest absolute Gasteiger partial charge is 0.493 e. The Morgan fingerprint density at radius 2 is 1.79 bits per heavy atom. The van der Waals surface area contributed by atoms with E-state index in [4.69, 9.17) is 21.1 Å². The second-order valence-electron chi connectivity index (χ2n) is 7.45. The minimum Gasteiger partial charge on any atom is -0.493 e. The molecular weight excluding hydrogens is 448 g/mol. The van der Waals surface area contributed by atoms with Crippen molar-refractivity contribution < 1.29 is 14.3 Å². The molecule has 168 valence electrons. The highest BCUT2D eigenvalue weighted by atomic mass is 35.5. The number of halogens is 1. The lowest BCUT2D eigenvalue weighted by Gasteiger charge is -2.14. The van der Waals surface area contributed by atoms with E-state index in [-0.39, 0.29) is 12.2 Å². The van der Waals surface area contributed by atoms with Crippen molar-refractivity contribution in [3.8, 4) is 17.6 Å². The molecule has 4 aromatic rings. The topological polar surface area (TPSA) is 71.3 Å². The normalized spacial score (nSPS) is 11.0. The van der Waals surface area contributed by atoms with Crippen molar-refractivity contribution in [2.45, 2.75) is 6.61 Å². The fourth-order valence-electron chi connectivity index (χ4n) is 3.57. The van der Waals surface area contributed by atoms with Crippen molar-refractivity contribution in [1.29, 1.82) is 5.26 Å². The molecule has 4 aromatic carbocycles. The molecule has 0 atom stereocenters. The number of para-hydroxylation sites is 1. The third kappa shape index (κ3) is 5.20. The van der Waals surface area contributed by atoms with Gasteiger partial charge in [0.15, 0.2) is 11.5 Å². The van der Waals surface area contributed by atoms with Crippen LogP contribution in [0.3, 0.4) is 0 Å². The Morgan fingerprint density at radius 1 is 1.03 bits per heavy atom. The highest BCUT2D eigenvalue weighted by Crippen LogP contribution is 2.34. The molecule has 0 fully saturated rings. The predicted molar refractivity (Wildman–Crippen MR) is 135 cm³/mol. The van der Waals surface area contributed by atoms with Crippen LogP contribution in [0.15, 0.2) is 90.5 Å². The molecule has 4 rings (SSSR count). The molecule has 5 nitrogen and oxygen atoms in total. The van der Waals surface area contributed by atoms with Crippen molar-refractivity contribution in [2.75, 3.05) is 12.4 Å². The first kappa shape index (κ1) is 22.9. The lowest BCUT2D eigenvalue weighted by atomic mass is 10.1. The van der Waals surface area contributed by atoms with Gasteiger partial charge < -0.3 is 14.8 Å². The van der Waals surface area contributed by atoms with Crippen LogP contribution in [-0.4, -0.2) is 13.0 Å². The number of anilines is 1. The summed E-state index contributed by atoms with van der Waals surface area (Å²) in [4.78, 5) is 13.0. The van der Waals surface area contributed by atoms with Crippen LogP contribution in [-0.2, 0) is 11.4 Å². The molecule has 0 saturated carbocycles. The molecule has 34 heavy (non-hydrogen) atoms. The molecule has 1 N–H and O–H groups in total. The molecular formula is C28H21ClN2O3. The van der Waals surface area contributed by atoms with Crippen LogP contribution in [0.1, 0.15) is 11.1 Å². The molecule has 0 aliphatic heterocycles. The van der Waals surface area contributed by atoms with E-state index in [2.05, 4.69) is 5.32 Å². The van der Waals surface area contributed by atoms with Crippen molar-refractivity contribution in [3.63, 3.8) is 0 Å². The average Bonchev–Trinajstić information content (AvgIpc) is 2.86. The number of ether oxygens (including phenoxy) is 2. The maximum Gasteiger partial charge on any atom is 0.266 e. The van der Waals surface area contributed by atoms with E-state index in [1.54, 1.807) is 30.3 Å². The van der Waals surface area contributed by atoms with Crippen LogP contribution in [0.4, 0.5) is 5.69 Å². The molecule has 0 unspecified atom stereocenters. The number of carbonyl (C=O) groups is 1. The Hall–Kier alpha value is -4.27. The smallest absolute Gasteiger partial charge is 0.266 e. The average molecular weight is 469 g/mol. The summed E-state index contributed by atoms with van der Waals surface area (Å²) in [6, 6.07) is 28.0. The number of methoxy groups -OCH3 is 1. The molecule has 0 spiro atoms. The number of hydrogen-bond donors (Lipinski definition) is 1. The Balaban J connectivity index is 1.63. The Labute approximate surface area is 202 Å². The number of amides is 1. The van der Waals surface area contributed by atoms with Gasteiger partial charge in [-0.15, -0.1) is 0 Å². The first-order valence-corrected chi connectivity index (χ1v) is 10.9. The molecule has 0 aromatic heterocycles. The Bertz CT molecular complexity index is 1420. The van der Waals surface area contributed by atoms with Crippen LogP contribution in [0.5, 0.6) is 11.5 Å². The Morgan fingerprint density at radius 3 is 2.59 bits per heavy atom. The zero-order valence-electron chi connectivity index (χ0n) is 18.4. The van der Waals surface area contributed by atoms with Gasteiger partial charge in [-0.1, -0.05) is 72.3 Å². The van der Waals surface area contributed by atoms with Gasteiger partial charge in [0.05, 0.1) is 7.11 Å². The van der Waals surface area contributed by atoms with Crippen LogP contribution in [0, 0.1) is 11.3 Å². The summed E-state index contributed by atoms with van der Waals surface area (Å²) in [7, 11) is 1.54. The van der Waals surface area contributed by atoms with E-state index in [0.29, 0.717) is 27.8 Å². The van der Waals surface area contributed by atoms with Gasteiger partial charge in [0.2, 0.25) is 0 Å². The van der Waals surface area contributed by atoms with E-state index < -0.39 is 5.91 Å². The quantitative estimate of drug-likeness (QED) is 0.244. The maximum absolute atomic E-state index is 13.0. The molecule has 6 heteroatoms. The first-order chi connectivity index (χ1) is 16.6. The SMILES string of the molecule is COc1cccc(/C=C(\C#N)C(=O)Nc2cccc3ccccc23)c1OCc1cccc(Cl)c1. The zero-order chi connectivity index (χ0) is 23.9. The molecule has 1 amide bonds. The van der Waals surface area contributed by atoms with Crippen LogP contribution < -0.4 is 14.8 Å². The van der Waals surface area contributed by atoms with Gasteiger partial charge in [0.25, 0.3) is 5.91 Å². The van der Waals surface area contributed by atoms with Crippen molar-refractivity contribution >= 4 is 40.0 Å². The maximum atomic E-state index is 13.0. The highest BCUT2D eigenvalue weighted by Gasteiger charge is 2.15. The van der Waals surface area contributed by atoms with Gasteiger partial charge in [0.1, 0.15) is 18.2 Å². The number of nitrogens with one attached hydrogen (secondary N) is 1. The standard InChI is InChI=1S/C28H21ClN2O3/c1-33-26-14-6-10-21(27(26)34-18-19-7-4-11-23(29)15-19)16-22(17-30)28(32)31-25-13-5-9-20-8-2-3-12-24(20)25/h2-16H,18H2,1H3,(H,31,32)/b22-16+. The summed E-state index contributed by atoms with van der Waals surface area (Å²) < 4.78 is 11.5. The summed E-state index contributed by atoms with van der Waals surface area (Å²) in [6.07, 6.45) is 1.50. The van der Waals surface area contributed by atoms with Gasteiger partial charge in [-0.05, 0) is 41.3 Å². The van der Waals surface area contributed by atoms with E-state index >= 15 is 0 Å². The number of hydrogen-bond acceptors (Lipinski definition) is 4. The first-order valence-electron chi connectivity index (χ1n) is 10.5. The summed E-state index contributed by atoms with van der Waals surface area (Å²) in [5, 5.41) is 15.1. The fourth-order valence-corrected chi connectivity index (χ4v) is 3.78. The zero-order valence-corrected chi connectivity index (χ0v) is 19.2. The summed E-state index contributed by atoms with van der Waals surface area (Å²) in [5.41, 5.74) is 2.00. The molecule has 0 bridgehead atoms. The Kier molecular flexibility index (Phi) is 7.12. The van der Waals surface area contributed by atoms with Crippen molar-refractivity contribution in [2.24, 2.45) is 0 Å². The minimum atomic E-state index is -0.512. The number of carbonyl (C=O) groups excluding carboxylic acids is 1. The number of fused-ring (bicyclic) bond motifs is 1. The third-order valence-corrected chi connectivity index (χ3v) is 5.44. The van der Waals surface area contributed by atoms with Crippen LogP contribution in [0.2, 0.25) is 5.02 Å². The van der Waals surface area contributed by atoms with Gasteiger partial charge in [0, 0.05) is 21.7 Å². The monoisotopic (exact) mass is 468 g/mol. The molecule has 0 aliphatic rings. The number of benzene rings is 4.